The Morgan fingerprint density at radius 1 is 1.11 bits per heavy atom. The van der Waals surface area contributed by atoms with Gasteiger partial charge in [0.05, 0.1) is 19.8 Å². The largest absolute Gasteiger partial charge is 0.497 e. The molecule has 0 aromatic heterocycles. The molecule has 0 amide bonds. The van der Waals surface area contributed by atoms with Crippen molar-refractivity contribution in [3.05, 3.63) is 29.8 Å². The van der Waals surface area contributed by atoms with Crippen molar-refractivity contribution < 1.29 is 9.47 Å². The van der Waals surface area contributed by atoms with Crippen LogP contribution in [0.25, 0.3) is 0 Å². The minimum absolute atomic E-state index is 0.428. The normalized spacial score (nSPS) is 23.9. The first kappa shape index (κ1) is 13.4. The molecule has 2 rings (SSSR count). The molecule has 18 heavy (non-hydrogen) atoms. The van der Waals surface area contributed by atoms with Gasteiger partial charge in [0.25, 0.3) is 0 Å². The van der Waals surface area contributed by atoms with E-state index in [1.807, 2.05) is 19.2 Å². The Morgan fingerprint density at radius 2 is 1.78 bits per heavy atom. The highest BCUT2D eigenvalue weighted by Gasteiger charge is 2.20. The summed E-state index contributed by atoms with van der Waals surface area (Å²) >= 11 is 0. The quantitative estimate of drug-likeness (QED) is 0.870. The molecule has 1 N–H and O–H groups in total. The SMILES string of the molecule is CNC1CCC(OCc2ccc(OC)cc2)CC1. The highest BCUT2D eigenvalue weighted by molar-refractivity contribution is 5.26. The van der Waals surface area contributed by atoms with Gasteiger partial charge in [-0.3, -0.25) is 0 Å². The van der Waals surface area contributed by atoms with Crippen LogP contribution in [0.15, 0.2) is 24.3 Å². The fourth-order valence-corrected chi connectivity index (χ4v) is 2.45. The average Bonchev–Trinajstić information content (AvgIpc) is 2.46. The molecule has 3 nitrogen and oxygen atoms in total. The predicted octanol–water partition coefficient (Wildman–Crippen LogP) is 2.74. The van der Waals surface area contributed by atoms with Crippen LogP contribution in [-0.4, -0.2) is 26.3 Å². The van der Waals surface area contributed by atoms with Gasteiger partial charge in [0, 0.05) is 6.04 Å². The Labute approximate surface area is 109 Å². The van der Waals surface area contributed by atoms with Crippen LogP contribution in [0.3, 0.4) is 0 Å². The minimum Gasteiger partial charge on any atom is -0.497 e. The molecule has 3 heteroatoms. The molecule has 1 aliphatic carbocycles. The van der Waals surface area contributed by atoms with Gasteiger partial charge in [-0.15, -0.1) is 0 Å². The maximum atomic E-state index is 5.97. The van der Waals surface area contributed by atoms with E-state index in [-0.39, 0.29) is 0 Å². The van der Waals surface area contributed by atoms with E-state index in [0.717, 1.165) is 5.75 Å². The van der Waals surface area contributed by atoms with Crippen molar-refractivity contribution in [1.82, 2.24) is 5.32 Å². The maximum absolute atomic E-state index is 5.97. The Kier molecular flexibility index (Phi) is 5.02. The second-order valence-corrected chi connectivity index (χ2v) is 4.92. The molecule has 0 saturated heterocycles. The van der Waals surface area contributed by atoms with E-state index in [4.69, 9.17) is 9.47 Å². The van der Waals surface area contributed by atoms with E-state index in [9.17, 15) is 0 Å². The lowest BCUT2D eigenvalue weighted by atomic mass is 9.93. The Balaban J connectivity index is 1.74. The van der Waals surface area contributed by atoms with Gasteiger partial charge < -0.3 is 14.8 Å². The Morgan fingerprint density at radius 3 is 2.33 bits per heavy atom. The first-order chi connectivity index (χ1) is 8.81. The molecule has 1 aromatic rings. The van der Waals surface area contributed by atoms with Gasteiger partial charge >= 0.3 is 0 Å². The van der Waals surface area contributed by atoms with Crippen LogP contribution in [0.2, 0.25) is 0 Å². The predicted molar refractivity (Wildman–Crippen MR) is 72.9 cm³/mol. The second-order valence-electron chi connectivity index (χ2n) is 4.92. The van der Waals surface area contributed by atoms with Crippen molar-refractivity contribution in [2.45, 2.75) is 44.4 Å². The second kappa shape index (κ2) is 6.76. The van der Waals surface area contributed by atoms with Crippen molar-refractivity contribution in [3.8, 4) is 5.75 Å². The fraction of sp³-hybridized carbons (Fsp3) is 0.600. The molecule has 0 bridgehead atoms. The molecule has 1 saturated carbocycles. The summed E-state index contributed by atoms with van der Waals surface area (Å²) in [7, 11) is 3.73. The van der Waals surface area contributed by atoms with E-state index in [0.29, 0.717) is 18.8 Å². The third kappa shape index (κ3) is 3.72. The zero-order valence-corrected chi connectivity index (χ0v) is 11.3. The van der Waals surface area contributed by atoms with Crippen molar-refractivity contribution in [2.24, 2.45) is 0 Å². The minimum atomic E-state index is 0.428. The number of nitrogens with one attached hydrogen (secondary N) is 1. The average molecular weight is 249 g/mol. The van der Waals surface area contributed by atoms with Gasteiger partial charge in [-0.1, -0.05) is 12.1 Å². The van der Waals surface area contributed by atoms with E-state index >= 15 is 0 Å². The van der Waals surface area contributed by atoms with E-state index < -0.39 is 0 Å². The highest BCUT2D eigenvalue weighted by atomic mass is 16.5. The summed E-state index contributed by atoms with van der Waals surface area (Å²) in [6.45, 7) is 0.707. The van der Waals surface area contributed by atoms with Crippen molar-refractivity contribution in [2.75, 3.05) is 14.2 Å². The lowest BCUT2D eigenvalue weighted by Crippen LogP contribution is -2.32. The third-order valence-corrected chi connectivity index (χ3v) is 3.73. The zero-order chi connectivity index (χ0) is 12.8. The van der Waals surface area contributed by atoms with Gasteiger partial charge in [0.15, 0.2) is 0 Å². The molecule has 0 spiro atoms. The fourth-order valence-electron chi connectivity index (χ4n) is 2.45. The Bertz CT molecular complexity index is 342. The van der Waals surface area contributed by atoms with Crippen LogP contribution < -0.4 is 10.1 Å². The number of hydrogen-bond acceptors (Lipinski definition) is 3. The van der Waals surface area contributed by atoms with Crippen molar-refractivity contribution in [1.29, 1.82) is 0 Å². The molecule has 1 aromatic carbocycles. The molecule has 1 fully saturated rings. The number of benzene rings is 1. The van der Waals surface area contributed by atoms with Crippen molar-refractivity contribution >= 4 is 0 Å². The number of ether oxygens (including phenoxy) is 2. The monoisotopic (exact) mass is 249 g/mol. The van der Waals surface area contributed by atoms with Crippen molar-refractivity contribution in [3.63, 3.8) is 0 Å². The standard InChI is InChI=1S/C15H23NO2/c1-16-13-5-9-15(10-6-13)18-11-12-3-7-14(17-2)8-4-12/h3-4,7-8,13,15-16H,5-6,9-11H2,1-2H3. The first-order valence-electron chi connectivity index (χ1n) is 6.73. The summed E-state index contributed by atoms with van der Waals surface area (Å²) in [6, 6.07) is 8.79. The third-order valence-electron chi connectivity index (χ3n) is 3.73. The van der Waals surface area contributed by atoms with E-state index in [1.165, 1.54) is 31.2 Å². The molecule has 0 unspecified atom stereocenters. The molecule has 0 atom stereocenters. The van der Waals surface area contributed by atoms with E-state index in [2.05, 4.69) is 17.4 Å². The smallest absolute Gasteiger partial charge is 0.118 e. The van der Waals surface area contributed by atoms with Crippen LogP contribution in [-0.2, 0) is 11.3 Å². The molecule has 0 heterocycles. The summed E-state index contributed by atoms with van der Waals surface area (Å²) < 4.78 is 11.1. The van der Waals surface area contributed by atoms with Gasteiger partial charge in [-0.25, -0.2) is 0 Å². The number of rotatable bonds is 5. The molecule has 0 aliphatic heterocycles. The van der Waals surface area contributed by atoms with Crippen LogP contribution in [0, 0.1) is 0 Å². The molecular formula is C15H23NO2. The van der Waals surface area contributed by atoms with Crippen LogP contribution in [0.1, 0.15) is 31.2 Å². The van der Waals surface area contributed by atoms with Gasteiger partial charge in [-0.05, 0) is 50.4 Å². The molecule has 0 radical (unpaired) electrons. The molecule has 1 aliphatic rings. The van der Waals surface area contributed by atoms with Gasteiger partial charge in [0.1, 0.15) is 5.75 Å². The number of methoxy groups -OCH3 is 1. The van der Waals surface area contributed by atoms with Crippen LogP contribution in [0.4, 0.5) is 0 Å². The topological polar surface area (TPSA) is 30.5 Å². The molecule has 100 valence electrons. The summed E-state index contributed by atoms with van der Waals surface area (Å²) in [5.41, 5.74) is 1.21. The Hall–Kier alpha value is -1.06. The summed E-state index contributed by atoms with van der Waals surface area (Å²) in [5.74, 6) is 0.897. The zero-order valence-electron chi connectivity index (χ0n) is 11.3. The lowest BCUT2D eigenvalue weighted by Gasteiger charge is -2.28. The first-order valence-corrected chi connectivity index (χ1v) is 6.73. The summed E-state index contributed by atoms with van der Waals surface area (Å²) in [4.78, 5) is 0. The van der Waals surface area contributed by atoms with Crippen LogP contribution >= 0.6 is 0 Å². The molecular weight excluding hydrogens is 226 g/mol. The van der Waals surface area contributed by atoms with E-state index in [1.54, 1.807) is 7.11 Å². The van der Waals surface area contributed by atoms with Gasteiger partial charge in [0.2, 0.25) is 0 Å². The number of hydrogen-bond donors (Lipinski definition) is 1. The lowest BCUT2D eigenvalue weighted by molar-refractivity contribution is 0.0118. The summed E-state index contributed by atoms with van der Waals surface area (Å²) in [5, 5.41) is 3.34. The van der Waals surface area contributed by atoms with Crippen LogP contribution in [0.5, 0.6) is 5.75 Å². The maximum Gasteiger partial charge on any atom is 0.118 e. The highest BCUT2D eigenvalue weighted by Crippen LogP contribution is 2.22. The van der Waals surface area contributed by atoms with Gasteiger partial charge in [-0.2, -0.15) is 0 Å². The summed E-state index contributed by atoms with van der Waals surface area (Å²) in [6.07, 6.45) is 5.22.